The van der Waals surface area contributed by atoms with Crippen LogP contribution in [0.25, 0.3) is 0 Å². The van der Waals surface area contributed by atoms with Crippen molar-refractivity contribution in [2.45, 2.75) is 25.7 Å². The molecule has 0 amide bonds. The summed E-state index contributed by atoms with van der Waals surface area (Å²) >= 11 is 0. The molecule has 2 aromatic rings. The number of nitrogens with zero attached hydrogens (tertiary/aromatic N) is 2. The first-order valence-electron chi connectivity index (χ1n) is 7.41. The summed E-state index contributed by atoms with van der Waals surface area (Å²) in [5, 5.41) is 27.5. The van der Waals surface area contributed by atoms with Crippen molar-refractivity contribution < 1.29 is 29.4 Å². The Morgan fingerprint density at radius 1 is 1.44 bits per heavy atom. The van der Waals surface area contributed by atoms with Gasteiger partial charge in [-0.1, -0.05) is 30.3 Å². The number of carbonyl (C=O) groups is 2. The zero-order chi connectivity index (χ0) is 18.1. The molecule has 9 heteroatoms. The maximum Gasteiger partial charge on any atom is 0.361 e. The third-order valence-electron chi connectivity index (χ3n) is 3.66. The number of aromatic nitrogens is 2. The highest BCUT2D eigenvalue weighted by molar-refractivity contribution is 5.93. The fraction of sp³-hybridized carbons (Fsp3) is 0.250. The first-order chi connectivity index (χ1) is 11.9. The van der Waals surface area contributed by atoms with E-state index in [2.05, 4.69) is 4.98 Å². The Hall–Kier alpha value is -3.20. The molecule has 0 fully saturated rings. The van der Waals surface area contributed by atoms with Gasteiger partial charge in [0.05, 0.1) is 6.10 Å². The predicted molar refractivity (Wildman–Crippen MR) is 80.7 cm³/mol. The van der Waals surface area contributed by atoms with Gasteiger partial charge in [-0.2, -0.15) is 4.73 Å². The van der Waals surface area contributed by atoms with Gasteiger partial charge in [0.25, 0.3) is 0 Å². The molecule has 0 spiro atoms. The molecule has 1 aromatic carbocycles. The van der Waals surface area contributed by atoms with E-state index in [0.29, 0.717) is 0 Å². The van der Waals surface area contributed by atoms with E-state index >= 15 is 0 Å². The third-order valence-corrected chi connectivity index (χ3v) is 3.66. The molecule has 130 valence electrons. The summed E-state index contributed by atoms with van der Waals surface area (Å²) in [7, 11) is 0. The number of fused-ring (bicyclic) bond motifs is 1. The average molecular weight is 345 g/mol. The molecule has 2 heterocycles. The normalized spacial score (nSPS) is 16.9. The van der Waals surface area contributed by atoms with Gasteiger partial charge in [0.2, 0.25) is 0 Å². The highest BCUT2D eigenvalue weighted by atomic mass is 16.6. The molecular formula is C16H15N3O6. The number of hydrogen-bond acceptors (Lipinski definition) is 8. The first-order valence-corrected chi connectivity index (χ1v) is 7.41. The summed E-state index contributed by atoms with van der Waals surface area (Å²) in [6.07, 6.45) is -2.25. The van der Waals surface area contributed by atoms with Crippen LogP contribution in [0.5, 0.6) is 0 Å². The van der Waals surface area contributed by atoms with Gasteiger partial charge >= 0.3 is 11.9 Å². The molecule has 3 rings (SSSR count). The maximum atomic E-state index is 12.2. The lowest BCUT2D eigenvalue weighted by molar-refractivity contribution is -0.00463. The number of rotatable bonds is 4. The molecule has 25 heavy (non-hydrogen) atoms. The van der Waals surface area contributed by atoms with Crippen LogP contribution < -0.4 is 5.49 Å². The standard InChI is InChI=1S/C16H15N3O6/c1-8(20)13-10-12(16(22)25-13)19(23)14(17)11(18-10)15(21)24-7-9-5-3-2-4-6-9/h2-6,8,13,17,20,23H,7H2,1H3. The quantitative estimate of drug-likeness (QED) is 0.544. The third kappa shape index (κ3) is 2.96. The van der Waals surface area contributed by atoms with Gasteiger partial charge in [-0.15, -0.1) is 0 Å². The van der Waals surface area contributed by atoms with Crippen molar-refractivity contribution in [1.82, 2.24) is 9.71 Å². The zero-order valence-corrected chi connectivity index (χ0v) is 13.2. The number of aliphatic hydroxyl groups is 1. The van der Waals surface area contributed by atoms with Gasteiger partial charge in [0, 0.05) is 0 Å². The summed E-state index contributed by atoms with van der Waals surface area (Å²) in [5.74, 6) is -1.88. The van der Waals surface area contributed by atoms with Crippen LogP contribution in [0.15, 0.2) is 30.3 Å². The lowest BCUT2D eigenvalue weighted by Crippen LogP contribution is -2.32. The van der Waals surface area contributed by atoms with Crippen molar-refractivity contribution in [3.05, 3.63) is 58.5 Å². The minimum atomic E-state index is -1.14. The van der Waals surface area contributed by atoms with E-state index in [1.165, 1.54) is 6.92 Å². The van der Waals surface area contributed by atoms with Crippen LogP contribution in [0.2, 0.25) is 0 Å². The van der Waals surface area contributed by atoms with E-state index in [0.717, 1.165) is 5.56 Å². The van der Waals surface area contributed by atoms with E-state index in [1.54, 1.807) is 24.3 Å². The summed E-state index contributed by atoms with van der Waals surface area (Å²) < 4.78 is 10.2. The molecule has 2 unspecified atom stereocenters. The van der Waals surface area contributed by atoms with Crippen molar-refractivity contribution in [2.75, 3.05) is 0 Å². The van der Waals surface area contributed by atoms with E-state index in [9.17, 15) is 19.9 Å². The predicted octanol–water partition coefficient (Wildman–Crippen LogP) is 0.549. The number of benzene rings is 1. The molecule has 0 radical (unpaired) electrons. The number of ether oxygens (including phenoxy) is 2. The number of nitrogens with one attached hydrogen (secondary N) is 1. The van der Waals surface area contributed by atoms with Crippen molar-refractivity contribution in [1.29, 1.82) is 5.41 Å². The lowest BCUT2D eigenvalue weighted by Gasteiger charge is -2.13. The SMILES string of the molecule is CC(O)C1OC(=O)c2c1nc(C(=O)OCc1ccccc1)c(=N)n2O. The number of aliphatic hydroxyl groups excluding tert-OH is 1. The van der Waals surface area contributed by atoms with Crippen LogP contribution in [-0.4, -0.2) is 38.1 Å². The van der Waals surface area contributed by atoms with Crippen LogP contribution in [-0.2, 0) is 16.1 Å². The lowest BCUT2D eigenvalue weighted by atomic mass is 10.1. The Morgan fingerprint density at radius 3 is 2.76 bits per heavy atom. The van der Waals surface area contributed by atoms with Crippen molar-refractivity contribution in [3.8, 4) is 0 Å². The number of cyclic esters (lactones) is 1. The van der Waals surface area contributed by atoms with Gasteiger partial charge in [-0.25, -0.2) is 14.6 Å². The number of carbonyl (C=O) groups excluding carboxylic acids is 2. The van der Waals surface area contributed by atoms with Gasteiger partial charge in [-0.05, 0) is 12.5 Å². The van der Waals surface area contributed by atoms with Crippen LogP contribution in [0.4, 0.5) is 0 Å². The Bertz CT molecular complexity index is 891. The van der Waals surface area contributed by atoms with E-state index < -0.39 is 41.0 Å². The molecule has 1 aliphatic rings. The van der Waals surface area contributed by atoms with Crippen LogP contribution in [0.1, 0.15) is 45.3 Å². The molecule has 1 aromatic heterocycles. The first kappa shape index (κ1) is 16.7. The van der Waals surface area contributed by atoms with Crippen molar-refractivity contribution in [2.24, 2.45) is 0 Å². The summed E-state index contributed by atoms with van der Waals surface area (Å²) in [6.45, 7) is 1.33. The molecular weight excluding hydrogens is 330 g/mol. The highest BCUT2D eigenvalue weighted by Gasteiger charge is 2.40. The average Bonchev–Trinajstić information content (AvgIpc) is 2.94. The molecule has 0 saturated carbocycles. The number of hydrogen-bond donors (Lipinski definition) is 3. The Labute approximate surface area is 141 Å². The highest BCUT2D eigenvalue weighted by Crippen LogP contribution is 2.30. The molecule has 3 N–H and O–H groups in total. The van der Waals surface area contributed by atoms with Gasteiger partial charge in [-0.3, -0.25) is 5.41 Å². The fourth-order valence-electron chi connectivity index (χ4n) is 2.42. The summed E-state index contributed by atoms with van der Waals surface area (Å²) in [5.41, 5.74) is -0.970. The molecule has 2 atom stereocenters. The second-order valence-corrected chi connectivity index (χ2v) is 5.48. The molecule has 0 saturated heterocycles. The fourth-order valence-corrected chi connectivity index (χ4v) is 2.42. The van der Waals surface area contributed by atoms with Crippen LogP contribution in [0, 0.1) is 5.41 Å². The van der Waals surface area contributed by atoms with E-state index in [-0.39, 0.29) is 17.0 Å². The van der Waals surface area contributed by atoms with Gasteiger partial charge in [0.15, 0.2) is 23.0 Å². The van der Waals surface area contributed by atoms with Crippen LogP contribution >= 0.6 is 0 Å². The molecule has 0 aliphatic carbocycles. The second-order valence-electron chi connectivity index (χ2n) is 5.48. The topological polar surface area (TPSA) is 135 Å². The van der Waals surface area contributed by atoms with Crippen molar-refractivity contribution >= 4 is 11.9 Å². The van der Waals surface area contributed by atoms with Crippen LogP contribution in [0.3, 0.4) is 0 Å². The zero-order valence-electron chi connectivity index (χ0n) is 13.2. The minimum Gasteiger partial charge on any atom is -0.456 e. The molecule has 9 nitrogen and oxygen atoms in total. The summed E-state index contributed by atoms with van der Waals surface area (Å²) in [4.78, 5) is 28.0. The minimum absolute atomic E-state index is 0.0431. The smallest absolute Gasteiger partial charge is 0.361 e. The molecule has 0 bridgehead atoms. The largest absolute Gasteiger partial charge is 0.456 e. The monoisotopic (exact) mass is 345 g/mol. The second kappa shape index (κ2) is 6.36. The van der Waals surface area contributed by atoms with Gasteiger partial charge < -0.3 is 19.8 Å². The maximum absolute atomic E-state index is 12.2. The number of esters is 2. The Kier molecular flexibility index (Phi) is 4.24. The van der Waals surface area contributed by atoms with Gasteiger partial charge in [0.1, 0.15) is 12.3 Å². The van der Waals surface area contributed by atoms with Crippen molar-refractivity contribution in [3.63, 3.8) is 0 Å². The van der Waals surface area contributed by atoms with E-state index in [4.69, 9.17) is 14.9 Å². The Balaban J connectivity index is 1.93. The molecule has 1 aliphatic heterocycles. The summed E-state index contributed by atoms with van der Waals surface area (Å²) in [6, 6.07) is 8.90. The Morgan fingerprint density at radius 2 is 2.12 bits per heavy atom. The van der Waals surface area contributed by atoms with E-state index in [1.807, 2.05) is 6.07 Å².